The average Bonchev–Trinajstić information content (AvgIpc) is 2.68. The van der Waals surface area contributed by atoms with Gasteiger partial charge < -0.3 is 14.4 Å². The van der Waals surface area contributed by atoms with E-state index in [0.29, 0.717) is 22.9 Å². The van der Waals surface area contributed by atoms with Gasteiger partial charge in [-0.2, -0.15) is 0 Å². The Labute approximate surface area is 157 Å². The quantitative estimate of drug-likeness (QED) is 0.718. The molecule has 0 spiro atoms. The third kappa shape index (κ3) is 3.88. The van der Waals surface area contributed by atoms with E-state index in [0.717, 1.165) is 36.3 Å². The zero-order valence-corrected chi connectivity index (χ0v) is 15.6. The Hall–Kier alpha value is -3.06. The Morgan fingerprint density at radius 1 is 0.963 bits per heavy atom. The van der Waals surface area contributed by atoms with Crippen molar-refractivity contribution in [3.8, 4) is 22.9 Å². The van der Waals surface area contributed by atoms with Crippen LogP contribution in [0.25, 0.3) is 22.9 Å². The Morgan fingerprint density at radius 2 is 1.74 bits per heavy atom. The molecular weight excluding hydrogens is 340 g/mol. The van der Waals surface area contributed by atoms with Gasteiger partial charge in [-0.3, -0.25) is 14.8 Å². The van der Waals surface area contributed by atoms with Crippen molar-refractivity contribution in [2.75, 3.05) is 45.2 Å². The van der Waals surface area contributed by atoms with Crippen LogP contribution in [0.15, 0.2) is 53.6 Å². The summed E-state index contributed by atoms with van der Waals surface area (Å²) in [7, 11) is 4.51. The first-order chi connectivity index (χ1) is 13.0. The van der Waals surface area contributed by atoms with Gasteiger partial charge in [-0.15, -0.1) is 0 Å². The van der Waals surface area contributed by atoms with Crippen molar-refractivity contribution in [3.05, 3.63) is 59.1 Å². The molecule has 1 saturated heterocycles. The van der Waals surface area contributed by atoms with Gasteiger partial charge in [0.1, 0.15) is 5.69 Å². The van der Waals surface area contributed by atoms with E-state index >= 15 is 0 Å². The van der Waals surface area contributed by atoms with Gasteiger partial charge in [-0.1, -0.05) is 6.07 Å². The molecule has 0 unspecified atom stereocenters. The van der Waals surface area contributed by atoms with Gasteiger partial charge in [0.15, 0.2) is 5.82 Å². The van der Waals surface area contributed by atoms with Crippen molar-refractivity contribution in [3.63, 3.8) is 0 Å². The standard InChI is InChI=1S/C20H22N6O/c1-26(2)11-9-25(10-12-26)15-6-8-22-18(13-15)20-23-17(14-19(27)24-20)16-5-3-4-7-21-16/h3-8,13-14H,9-12H2,1-2H3/p+1. The number of aromatic nitrogens is 4. The highest BCUT2D eigenvalue weighted by atomic mass is 16.1. The lowest BCUT2D eigenvalue weighted by molar-refractivity contribution is -0.890. The smallest absolute Gasteiger partial charge is 0.251 e. The zero-order chi connectivity index (χ0) is 18.9. The fraction of sp³-hybridized carbons (Fsp3) is 0.300. The molecule has 0 aliphatic carbocycles. The van der Waals surface area contributed by atoms with Crippen molar-refractivity contribution in [2.24, 2.45) is 0 Å². The van der Waals surface area contributed by atoms with Gasteiger partial charge in [0.2, 0.25) is 0 Å². The second-order valence-electron chi connectivity index (χ2n) is 7.46. The zero-order valence-electron chi connectivity index (χ0n) is 15.6. The average molecular weight is 363 g/mol. The molecule has 27 heavy (non-hydrogen) atoms. The van der Waals surface area contributed by atoms with Crippen molar-refractivity contribution >= 4 is 5.69 Å². The number of nitrogens with zero attached hydrogens (tertiary/aromatic N) is 5. The molecule has 0 saturated carbocycles. The van der Waals surface area contributed by atoms with Crippen molar-refractivity contribution in [1.82, 2.24) is 19.9 Å². The summed E-state index contributed by atoms with van der Waals surface area (Å²) < 4.78 is 1.04. The highest BCUT2D eigenvalue weighted by Gasteiger charge is 2.24. The van der Waals surface area contributed by atoms with E-state index in [1.165, 1.54) is 6.07 Å². The maximum Gasteiger partial charge on any atom is 0.251 e. The number of likely N-dealkylation sites (N-methyl/N-ethyl adjacent to an activating group) is 1. The van der Waals surface area contributed by atoms with E-state index < -0.39 is 0 Å². The molecular formula is C20H23N6O+. The molecule has 0 atom stereocenters. The number of hydrogen-bond donors (Lipinski definition) is 1. The SMILES string of the molecule is C[N+]1(C)CCN(c2ccnc(-c3nc(-c4ccccn4)cc(=O)[nH]3)c2)CC1. The monoisotopic (exact) mass is 363 g/mol. The lowest BCUT2D eigenvalue weighted by Gasteiger charge is -2.40. The van der Waals surface area contributed by atoms with Gasteiger partial charge in [-0.25, -0.2) is 4.98 Å². The molecule has 0 radical (unpaired) electrons. The maximum absolute atomic E-state index is 12.2. The van der Waals surface area contributed by atoms with Crippen LogP contribution in [0.2, 0.25) is 0 Å². The molecule has 7 nitrogen and oxygen atoms in total. The number of pyridine rings is 2. The fourth-order valence-corrected chi connectivity index (χ4v) is 3.23. The number of H-pyrrole nitrogens is 1. The summed E-state index contributed by atoms with van der Waals surface area (Å²) in [5.74, 6) is 0.457. The summed E-state index contributed by atoms with van der Waals surface area (Å²) in [6.07, 6.45) is 3.46. The van der Waals surface area contributed by atoms with Crippen LogP contribution in [0, 0.1) is 0 Å². The molecule has 0 bridgehead atoms. The van der Waals surface area contributed by atoms with Gasteiger partial charge in [0, 0.05) is 24.1 Å². The maximum atomic E-state index is 12.2. The molecule has 3 aromatic heterocycles. The highest BCUT2D eigenvalue weighted by molar-refractivity contribution is 5.62. The molecule has 4 rings (SSSR count). The van der Waals surface area contributed by atoms with Crippen LogP contribution in [0.3, 0.4) is 0 Å². The van der Waals surface area contributed by atoms with E-state index in [1.807, 2.05) is 30.3 Å². The van der Waals surface area contributed by atoms with Gasteiger partial charge in [0.05, 0.1) is 51.7 Å². The minimum absolute atomic E-state index is 0.218. The largest absolute Gasteiger partial charge is 0.360 e. The van der Waals surface area contributed by atoms with Crippen molar-refractivity contribution in [2.45, 2.75) is 0 Å². The Kier molecular flexibility index (Phi) is 4.45. The second kappa shape index (κ2) is 6.92. The first-order valence-electron chi connectivity index (χ1n) is 9.06. The van der Waals surface area contributed by atoms with Gasteiger partial charge in [-0.05, 0) is 24.3 Å². The number of nitrogens with one attached hydrogen (secondary N) is 1. The highest BCUT2D eigenvalue weighted by Crippen LogP contribution is 2.23. The van der Waals surface area contributed by atoms with E-state index in [-0.39, 0.29) is 5.56 Å². The van der Waals surface area contributed by atoms with Crippen molar-refractivity contribution < 1.29 is 4.48 Å². The van der Waals surface area contributed by atoms with Gasteiger partial charge >= 0.3 is 0 Å². The summed E-state index contributed by atoms with van der Waals surface area (Å²) in [6, 6.07) is 11.0. The van der Waals surface area contributed by atoms with Crippen LogP contribution in [0.4, 0.5) is 5.69 Å². The predicted molar refractivity (Wildman–Crippen MR) is 105 cm³/mol. The minimum Gasteiger partial charge on any atom is -0.360 e. The van der Waals surface area contributed by atoms with Crippen LogP contribution >= 0.6 is 0 Å². The minimum atomic E-state index is -0.218. The molecule has 4 heterocycles. The number of hydrogen-bond acceptors (Lipinski definition) is 5. The summed E-state index contributed by atoms with van der Waals surface area (Å²) in [5, 5.41) is 0. The molecule has 7 heteroatoms. The Balaban J connectivity index is 1.66. The molecule has 3 aromatic rings. The third-order valence-electron chi connectivity index (χ3n) is 4.97. The Morgan fingerprint density at radius 3 is 2.48 bits per heavy atom. The predicted octanol–water partition coefficient (Wildman–Crippen LogP) is 1.79. The first-order valence-corrected chi connectivity index (χ1v) is 9.06. The molecule has 1 aliphatic rings. The van der Waals surface area contributed by atoms with Crippen LogP contribution in [0.1, 0.15) is 0 Å². The van der Waals surface area contributed by atoms with E-state index in [2.05, 4.69) is 38.9 Å². The van der Waals surface area contributed by atoms with Crippen LogP contribution in [-0.2, 0) is 0 Å². The molecule has 1 aliphatic heterocycles. The summed E-state index contributed by atoms with van der Waals surface area (Å²) in [6.45, 7) is 4.19. The lowest BCUT2D eigenvalue weighted by atomic mass is 10.2. The number of quaternary nitrogens is 1. The molecule has 0 amide bonds. The number of aromatic amines is 1. The summed E-state index contributed by atoms with van der Waals surface area (Å²) in [4.78, 5) is 30.6. The molecule has 138 valence electrons. The van der Waals surface area contributed by atoms with Crippen LogP contribution in [-0.4, -0.2) is 64.7 Å². The number of rotatable bonds is 3. The van der Waals surface area contributed by atoms with Gasteiger partial charge in [0.25, 0.3) is 5.56 Å². The molecule has 0 aromatic carbocycles. The molecule has 1 N–H and O–H groups in total. The number of piperazine rings is 1. The van der Waals surface area contributed by atoms with Crippen LogP contribution in [0.5, 0.6) is 0 Å². The first kappa shape index (κ1) is 17.4. The summed E-state index contributed by atoms with van der Waals surface area (Å²) in [5.41, 5.74) is 2.74. The Bertz CT molecular complexity index is 989. The second-order valence-corrected chi connectivity index (χ2v) is 7.46. The van der Waals surface area contributed by atoms with E-state index in [4.69, 9.17) is 0 Å². The van der Waals surface area contributed by atoms with Crippen LogP contribution < -0.4 is 10.5 Å². The topological polar surface area (TPSA) is 74.8 Å². The molecule has 1 fully saturated rings. The number of anilines is 1. The summed E-state index contributed by atoms with van der Waals surface area (Å²) >= 11 is 0. The fourth-order valence-electron chi connectivity index (χ4n) is 3.23. The normalized spacial score (nSPS) is 16.3. The lowest BCUT2D eigenvalue weighted by Crippen LogP contribution is -2.54. The van der Waals surface area contributed by atoms with E-state index in [9.17, 15) is 4.79 Å². The van der Waals surface area contributed by atoms with Crippen molar-refractivity contribution in [1.29, 1.82) is 0 Å². The third-order valence-corrected chi connectivity index (χ3v) is 4.97. The van der Waals surface area contributed by atoms with E-state index in [1.54, 1.807) is 12.4 Å².